The SMILES string of the molecule is CC(C)OC(=O)C(Br)C(C)O. The smallest absolute Gasteiger partial charge is 0.322 e. The molecule has 0 aromatic rings. The van der Waals surface area contributed by atoms with Crippen LogP contribution in [-0.2, 0) is 9.53 Å². The number of aliphatic hydroxyl groups excluding tert-OH is 1. The van der Waals surface area contributed by atoms with E-state index in [0.29, 0.717) is 0 Å². The quantitative estimate of drug-likeness (QED) is 0.577. The molecule has 0 rings (SSSR count). The lowest BCUT2D eigenvalue weighted by Gasteiger charge is -2.14. The predicted octanol–water partition coefficient (Wildman–Crippen LogP) is 1.08. The van der Waals surface area contributed by atoms with E-state index in [-0.39, 0.29) is 6.10 Å². The summed E-state index contributed by atoms with van der Waals surface area (Å²) < 4.78 is 4.83. The van der Waals surface area contributed by atoms with E-state index < -0.39 is 16.9 Å². The Bertz CT molecular complexity index is 134. The molecule has 0 amide bonds. The van der Waals surface area contributed by atoms with Gasteiger partial charge in [-0.2, -0.15) is 0 Å². The third kappa shape index (κ3) is 4.37. The Hall–Kier alpha value is -0.0900. The van der Waals surface area contributed by atoms with E-state index in [1.807, 2.05) is 0 Å². The van der Waals surface area contributed by atoms with E-state index in [1.54, 1.807) is 13.8 Å². The first-order valence-electron chi connectivity index (χ1n) is 3.47. The fourth-order valence-electron chi connectivity index (χ4n) is 0.494. The van der Waals surface area contributed by atoms with Crippen molar-refractivity contribution >= 4 is 21.9 Å². The van der Waals surface area contributed by atoms with Crippen molar-refractivity contribution in [2.45, 2.75) is 37.8 Å². The zero-order valence-electron chi connectivity index (χ0n) is 6.87. The molecule has 2 atom stereocenters. The maximum Gasteiger partial charge on any atom is 0.322 e. The van der Waals surface area contributed by atoms with Gasteiger partial charge in [-0.05, 0) is 20.8 Å². The van der Waals surface area contributed by atoms with Gasteiger partial charge in [0.1, 0.15) is 4.83 Å². The molecule has 1 N–H and O–H groups in total. The summed E-state index contributed by atoms with van der Waals surface area (Å²) in [7, 11) is 0. The summed E-state index contributed by atoms with van der Waals surface area (Å²) in [5, 5.41) is 8.96. The number of alkyl halides is 1. The normalized spacial score (nSPS) is 16.2. The van der Waals surface area contributed by atoms with Crippen molar-refractivity contribution < 1.29 is 14.6 Å². The first kappa shape index (κ1) is 10.9. The van der Waals surface area contributed by atoms with Crippen molar-refractivity contribution in [2.24, 2.45) is 0 Å². The number of rotatable bonds is 3. The Morgan fingerprint density at radius 2 is 1.91 bits per heavy atom. The van der Waals surface area contributed by atoms with Gasteiger partial charge >= 0.3 is 5.97 Å². The monoisotopic (exact) mass is 224 g/mol. The second-order valence-corrected chi connectivity index (χ2v) is 3.61. The van der Waals surface area contributed by atoms with Gasteiger partial charge in [-0.3, -0.25) is 4.79 Å². The van der Waals surface area contributed by atoms with Crippen LogP contribution in [0.5, 0.6) is 0 Å². The van der Waals surface area contributed by atoms with Crippen LogP contribution in [0.3, 0.4) is 0 Å². The van der Waals surface area contributed by atoms with Crippen molar-refractivity contribution in [3.05, 3.63) is 0 Å². The van der Waals surface area contributed by atoms with Crippen LogP contribution in [-0.4, -0.2) is 28.1 Å². The molecule has 0 spiro atoms. The molecule has 0 fully saturated rings. The van der Waals surface area contributed by atoms with Crippen molar-refractivity contribution in [3.63, 3.8) is 0 Å². The van der Waals surface area contributed by atoms with Crippen LogP contribution in [0, 0.1) is 0 Å². The Balaban J connectivity index is 3.83. The summed E-state index contributed by atoms with van der Waals surface area (Å²) in [5.74, 6) is -0.421. The van der Waals surface area contributed by atoms with Gasteiger partial charge in [0.2, 0.25) is 0 Å². The first-order valence-corrected chi connectivity index (χ1v) is 4.39. The molecule has 0 radical (unpaired) electrons. The highest BCUT2D eigenvalue weighted by Gasteiger charge is 2.22. The standard InChI is InChI=1S/C7H13BrO3/c1-4(2)11-7(10)6(8)5(3)9/h4-6,9H,1-3H3. The second-order valence-electron chi connectivity index (χ2n) is 2.63. The number of hydrogen-bond donors (Lipinski definition) is 1. The molecule has 0 saturated heterocycles. The molecule has 3 nitrogen and oxygen atoms in total. The lowest BCUT2D eigenvalue weighted by atomic mass is 10.3. The summed E-state index contributed by atoms with van der Waals surface area (Å²) in [6.07, 6.45) is -0.859. The maximum absolute atomic E-state index is 11.0. The largest absolute Gasteiger partial charge is 0.462 e. The number of halogens is 1. The number of esters is 1. The highest BCUT2D eigenvalue weighted by molar-refractivity contribution is 9.10. The summed E-state index contributed by atoms with van der Waals surface area (Å²) in [5.41, 5.74) is 0. The summed E-state index contributed by atoms with van der Waals surface area (Å²) >= 11 is 3.01. The zero-order valence-corrected chi connectivity index (χ0v) is 8.46. The number of ether oxygens (including phenoxy) is 1. The minimum Gasteiger partial charge on any atom is -0.462 e. The third-order valence-electron chi connectivity index (χ3n) is 1.00. The highest BCUT2D eigenvalue weighted by Crippen LogP contribution is 2.08. The van der Waals surface area contributed by atoms with E-state index in [9.17, 15) is 4.79 Å². The molecule has 0 aliphatic heterocycles. The molecular weight excluding hydrogens is 212 g/mol. The number of carbonyl (C=O) groups is 1. The maximum atomic E-state index is 11.0. The first-order chi connectivity index (χ1) is 4.95. The zero-order chi connectivity index (χ0) is 9.02. The molecule has 2 unspecified atom stereocenters. The van der Waals surface area contributed by atoms with Gasteiger partial charge in [0.05, 0.1) is 12.2 Å². The van der Waals surface area contributed by atoms with Crippen LogP contribution in [0.1, 0.15) is 20.8 Å². The average Bonchev–Trinajstić information content (AvgIpc) is 1.84. The van der Waals surface area contributed by atoms with Gasteiger partial charge in [0.25, 0.3) is 0 Å². The molecule has 11 heavy (non-hydrogen) atoms. The molecule has 0 saturated carbocycles. The molecule has 0 heterocycles. The van der Waals surface area contributed by atoms with Crippen LogP contribution >= 0.6 is 15.9 Å². The summed E-state index contributed by atoms with van der Waals surface area (Å²) in [6, 6.07) is 0. The topological polar surface area (TPSA) is 46.5 Å². The number of aliphatic hydroxyl groups is 1. The van der Waals surface area contributed by atoms with Crippen LogP contribution in [0.25, 0.3) is 0 Å². The molecule has 0 aliphatic carbocycles. The Morgan fingerprint density at radius 1 is 1.45 bits per heavy atom. The molecular formula is C7H13BrO3. The van der Waals surface area contributed by atoms with E-state index in [1.165, 1.54) is 6.92 Å². The second kappa shape index (κ2) is 4.72. The average molecular weight is 225 g/mol. The highest BCUT2D eigenvalue weighted by atomic mass is 79.9. The molecule has 4 heteroatoms. The van der Waals surface area contributed by atoms with Crippen LogP contribution in [0.4, 0.5) is 0 Å². The van der Waals surface area contributed by atoms with Gasteiger partial charge < -0.3 is 9.84 Å². The van der Waals surface area contributed by atoms with Gasteiger partial charge in [-0.15, -0.1) is 0 Å². The number of hydrogen-bond acceptors (Lipinski definition) is 3. The van der Waals surface area contributed by atoms with Crippen molar-refractivity contribution in [1.82, 2.24) is 0 Å². The predicted molar refractivity (Wildman–Crippen MR) is 45.6 cm³/mol. The minimum atomic E-state index is -0.721. The summed E-state index contributed by atoms with van der Waals surface area (Å²) in [4.78, 5) is 10.3. The molecule has 66 valence electrons. The van der Waals surface area contributed by atoms with Gasteiger partial charge in [-0.1, -0.05) is 15.9 Å². The van der Waals surface area contributed by atoms with Crippen LogP contribution in [0.15, 0.2) is 0 Å². The fraction of sp³-hybridized carbons (Fsp3) is 0.857. The lowest BCUT2D eigenvalue weighted by molar-refractivity contribution is -0.148. The fourth-order valence-corrected chi connectivity index (χ4v) is 0.602. The Labute approximate surface area is 74.9 Å². The van der Waals surface area contributed by atoms with Crippen LogP contribution in [0.2, 0.25) is 0 Å². The third-order valence-corrected chi connectivity index (χ3v) is 2.14. The van der Waals surface area contributed by atoms with Crippen molar-refractivity contribution in [2.75, 3.05) is 0 Å². The van der Waals surface area contributed by atoms with E-state index >= 15 is 0 Å². The number of carbonyl (C=O) groups excluding carboxylic acids is 1. The molecule has 0 bridgehead atoms. The Kier molecular flexibility index (Phi) is 4.68. The minimum absolute atomic E-state index is 0.138. The van der Waals surface area contributed by atoms with E-state index in [2.05, 4.69) is 15.9 Å². The Morgan fingerprint density at radius 3 is 2.18 bits per heavy atom. The molecule has 0 aromatic heterocycles. The van der Waals surface area contributed by atoms with E-state index in [4.69, 9.17) is 9.84 Å². The lowest BCUT2D eigenvalue weighted by Crippen LogP contribution is -2.29. The van der Waals surface area contributed by atoms with Crippen molar-refractivity contribution in [3.8, 4) is 0 Å². The molecule has 0 aromatic carbocycles. The molecule has 0 aliphatic rings. The van der Waals surface area contributed by atoms with E-state index in [0.717, 1.165) is 0 Å². The van der Waals surface area contributed by atoms with Crippen molar-refractivity contribution in [1.29, 1.82) is 0 Å². The van der Waals surface area contributed by atoms with Gasteiger partial charge in [-0.25, -0.2) is 0 Å². The van der Waals surface area contributed by atoms with Crippen LogP contribution < -0.4 is 0 Å². The van der Waals surface area contributed by atoms with Gasteiger partial charge in [0, 0.05) is 0 Å². The summed E-state index contributed by atoms with van der Waals surface area (Å²) in [6.45, 7) is 5.06. The van der Waals surface area contributed by atoms with Gasteiger partial charge in [0.15, 0.2) is 0 Å².